The normalized spacial score (nSPS) is 15.6. The Hall–Kier alpha value is -0.420. The van der Waals surface area contributed by atoms with Gasteiger partial charge in [0, 0.05) is 35.9 Å². The van der Waals surface area contributed by atoms with Crippen LogP contribution in [0.15, 0.2) is 0 Å². The van der Waals surface area contributed by atoms with Gasteiger partial charge in [-0.2, -0.15) is 0 Å². The van der Waals surface area contributed by atoms with Crippen molar-refractivity contribution in [3.05, 3.63) is 0 Å². The summed E-state index contributed by atoms with van der Waals surface area (Å²) in [6.07, 6.45) is 2.40. The zero-order chi connectivity index (χ0) is 12.8. The number of nitrogens with two attached hydrogens (primary N) is 1. The molecule has 0 aromatic carbocycles. The molecule has 5 heteroatoms. The van der Waals surface area contributed by atoms with Crippen LogP contribution in [0.4, 0.5) is 0 Å². The van der Waals surface area contributed by atoms with Gasteiger partial charge in [-0.1, -0.05) is 20.8 Å². The molecule has 96 valence electrons. The Kier molecular flexibility index (Phi) is 6.83. The summed E-state index contributed by atoms with van der Waals surface area (Å²) in [6, 6.07) is 0. The molecule has 0 rings (SSSR count). The second-order valence-corrected chi connectivity index (χ2v) is 6.82. The molecule has 2 atom stereocenters. The fourth-order valence-corrected chi connectivity index (χ4v) is 1.87. The van der Waals surface area contributed by atoms with Gasteiger partial charge in [-0.3, -0.25) is 9.00 Å². The minimum atomic E-state index is -0.862. The summed E-state index contributed by atoms with van der Waals surface area (Å²) in [7, 11) is -0.862. The smallest absolute Gasteiger partial charge is 0.224 e. The second-order valence-electron chi connectivity index (χ2n) is 5.27. The molecular formula is C11H24N2O2S. The van der Waals surface area contributed by atoms with E-state index in [4.69, 9.17) is 5.73 Å². The first-order valence-corrected chi connectivity index (χ1v) is 7.27. The summed E-state index contributed by atoms with van der Waals surface area (Å²) in [5.74, 6) is 0.326. The van der Waals surface area contributed by atoms with Crippen molar-refractivity contribution in [3.8, 4) is 0 Å². The number of carbonyl (C=O) groups excluding carboxylic acids is 1. The molecule has 0 aromatic rings. The minimum Gasteiger partial charge on any atom is -0.355 e. The average Bonchev–Trinajstić information content (AvgIpc) is 2.11. The van der Waals surface area contributed by atoms with Crippen molar-refractivity contribution in [2.24, 2.45) is 17.1 Å². The van der Waals surface area contributed by atoms with Gasteiger partial charge < -0.3 is 11.1 Å². The van der Waals surface area contributed by atoms with Crippen molar-refractivity contribution in [1.29, 1.82) is 0 Å². The van der Waals surface area contributed by atoms with Gasteiger partial charge in [0.1, 0.15) is 0 Å². The van der Waals surface area contributed by atoms with E-state index in [2.05, 4.69) is 26.1 Å². The molecule has 3 N–H and O–H groups in total. The lowest BCUT2D eigenvalue weighted by molar-refractivity contribution is -0.125. The molecule has 0 bridgehead atoms. The Morgan fingerprint density at radius 1 is 1.44 bits per heavy atom. The fourth-order valence-electron chi connectivity index (χ4n) is 1.48. The molecule has 0 saturated heterocycles. The molecular weight excluding hydrogens is 224 g/mol. The van der Waals surface area contributed by atoms with Gasteiger partial charge in [-0.05, 0) is 11.8 Å². The van der Waals surface area contributed by atoms with E-state index in [0.717, 1.165) is 6.42 Å². The van der Waals surface area contributed by atoms with Gasteiger partial charge in [0.25, 0.3) is 0 Å². The topological polar surface area (TPSA) is 72.2 Å². The molecule has 1 amide bonds. The van der Waals surface area contributed by atoms with Crippen molar-refractivity contribution in [2.75, 3.05) is 25.1 Å². The highest BCUT2D eigenvalue weighted by Gasteiger charge is 2.23. The third-order valence-corrected chi connectivity index (χ3v) is 2.98. The van der Waals surface area contributed by atoms with Gasteiger partial charge in [-0.15, -0.1) is 0 Å². The zero-order valence-electron chi connectivity index (χ0n) is 10.7. The number of rotatable bonds is 6. The molecule has 0 aromatic heterocycles. The first-order valence-electron chi connectivity index (χ1n) is 5.54. The molecule has 2 unspecified atom stereocenters. The summed E-state index contributed by atoms with van der Waals surface area (Å²) >= 11 is 0. The van der Waals surface area contributed by atoms with Crippen LogP contribution in [0.1, 0.15) is 27.2 Å². The van der Waals surface area contributed by atoms with Crippen LogP contribution in [0.5, 0.6) is 0 Å². The van der Waals surface area contributed by atoms with Crippen LogP contribution in [0, 0.1) is 11.3 Å². The number of amides is 1. The lowest BCUT2D eigenvalue weighted by Gasteiger charge is -2.24. The van der Waals surface area contributed by atoms with Crippen LogP contribution in [-0.4, -0.2) is 35.2 Å². The number of hydrogen-bond acceptors (Lipinski definition) is 3. The lowest BCUT2D eigenvalue weighted by Crippen LogP contribution is -2.38. The lowest BCUT2D eigenvalue weighted by atomic mass is 9.84. The summed E-state index contributed by atoms with van der Waals surface area (Å²) < 4.78 is 10.8. The van der Waals surface area contributed by atoms with Gasteiger partial charge in [0.2, 0.25) is 5.91 Å². The molecule has 16 heavy (non-hydrogen) atoms. The average molecular weight is 248 g/mol. The predicted molar refractivity (Wildman–Crippen MR) is 68.6 cm³/mol. The van der Waals surface area contributed by atoms with E-state index in [0.29, 0.717) is 18.8 Å². The summed E-state index contributed by atoms with van der Waals surface area (Å²) in [6.45, 7) is 7.08. The van der Waals surface area contributed by atoms with Gasteiger partial charge >= 0.3 is 0 Å². The van der Waals surface area contributed by atoms with Crippen LogP contribution in [-0.2, 0) is 15.6 Å². The van der Waals surface area contributed by atoms with Crippen molar-refractivity contribution in [1.82, 2.24) is 5.32 Å². The van der Waals surface area contributed by atoms with Crippen LogP contribution in [0.3, 0.4) is 0 Å². The Morgan fingerprint density at radius 3 is 2.38 bits per heavy atom. The van der Waals surface area contributed by atoms with Crippen LogP contribution < -0.4 is 11.1 Å². The molecule has 0 aliphatic rings. The van der Waals surface area contributed by atoms with Gasteiger partial charge in [0.15, 0.2) is 0 Å². The second kappa shape index (κ2) is 7.01. The van der Waals surface area contributed by atoms with Crippen LogP contribution >= 0.6 is 0 Å². The van der Waals surface area contributed by atoms with E-state index in [9.17, 15) is 9.00 Å². The summed E-state index contributed by atoms with van der Waals surface area (Å²) in [5, 5.41) is 2.78. The Labute approximate surface area is 101 Å². The highest BCUT2D eigenvalue weighted by molar-refractivity contribution is 7.84. The molecule has 4 nitrogen and oxygen atoms in total. The van der Waals surface area contributed by atoms with Crippen molar-refractivity contribution < 1.29 is 9.00 Å². The maximum absolute atomic E-state index is 11.7. The first-order chi connectivity index (χ1) is 7.26. The summed E-state index contributed by atoms with van der Waals surface area (Å²) in [4.78, 5) is 11.7. The van der Waals surface area contributed by atoms with E-state index in [1.807, 2.05) is 0 Å². The van der Waals surface area contributed by atoms with E-state index < -0.39 is 10.8 Å². The van der Waals surface area contributed by atoms with Crippen molar-refractivity contribution in [2.45, 2.75) is 27.2 Å². The molecule has 0 heterocycles. The number of hydrogen-bond donors (Lipinski definition) is 2. The summed E-state index contributed by atoms with van der Waals surface area (Å²) in [5.41, 5.74) is 5.68. The quantitative estimate of drug-likeness (QED) is 0.718. The SMILES string of the molecule is CS(=O)CCNC(=O)C(CN)CC(C)(C)C. The van der Waals surface area contributed by atoms with Crippen LogP contribution in [0.2, 0.25) is 0 Å². The Balaban J connectivity index is 4.06. The van der Waals surface area contributed by atoms with Gasteiger partial charge in [0.05, 0.1) is 5.92 Å². The molecule has 0 radical (unpaired) electrons. The van der Waals surface area contributed by atoms with E-state index in [-0.39, 0.29) is 17.2 Å². The van der Waals surface area contributed by atoms with Gasteiger partial charge in [-0.25, -0.2) is 0 Å². The Bertz CT molecular complexity index is 249. The van der Waals surface area contributed by atoms with Crippen molar-refractivity contribution in [3.63, 3.8) is 0 Å². The molecule has 0 aliphatic heterocycles. The third-order valence-electron chi connectivity index (χ3n) is 2.20. The first kappa shape index (κ1) is 15.6. The minimum absolute atomic E-state index is 0.0251. The largest absolute Gasteiger partial charge is 0.355 e. The third kappa shape index (κ3) is 7.82. The molecule has 0 aliphatic carbocycles. The maximum atomic E-state index is 11.7. The number of nitrogens with one attached hydrogen (secondary N) is 1. The zero-order valence-corrected chi connectivity index (χ0v) is 11.5. The maximum Gasteiger partial charge on any atom is 0.224 e. The Morgan fingerprint density at radius 2 is 2.00 bits per heavy atom. The predicted octanol–water partition coefficient (Wildman–Crippen LogP) is 0.492. The highest BCUT2D eigenvalue weighted by atomic mass is 32.2. The number of carbonyl (C=O) groups is 1. The van der Waals surface area contributed by atoms with E-state index >= 15 is 0 Å². The van der Waals surface area contributed by atoms with Crippen molar-refractivity contribution >= 4 is 16.7 Å². The van der Waals surface area contributed by atoms with E-state index in [1.165, 1.54) is 0 Å². The molecule has 0 saturated carbocycles. The fraction of sp³-hybridized carbons (Fsp3) is 0.909. The standard InChI is InChI=1S/C11H24N2O2S/c1-11(2,3)7-9(8-12)10(14)13-5-6-16(4)15/h9H,5-8,12H2,1-4H3,(H,13,14). The molecule has 0 spiro atoms. The molecule has 0 fully saturated rings. The monoisotopic (exact) mass is 248 g/mol. The van der Waals surface area contributed by atoms with E-state index in [1.54, 1.807) is 6.26 Å². The van der Waals surface area contributed by atoms with Crippen LogP contribution in [0.25, 0.3) is 0 Å². The highest BCUT2D eigenvalue weighted by Crippen LogP contribution is 2.23.